The van der Waals surface area contributed by atoms with Gasteiger partial charge >= 0.3 is 5.97 Å². The molecule has 4 nitrogen and oxygen atoms in total. The second kappa shape index (κ2) is 9.66. The number of carboxylic acids is 1. The molecule has 1 radical (unpaired) electrons. The number of aromatic carboxylic acids is 1. The predicted octanol–water partition coefficient (Wildman–Crippen LogP) is 3.74. The number of pyridine rings is 2. The average molecular weight is 523 g/mol. The number of carboxylic acid groups (broad SMARTS) is 1. The van der Waals surface area contributed by atoms with Crippen molar-refractivity contribution in [3.8, 4) is 11.3 Å². The van der Waals surface area contributed by atoms with Gasteiger partial charge in [-0.2, -0.15) is 0 Å². The maximum Gasteiger partial charge on any atom is 0.354 e. The summed E-state index contributed by atoms with van der Waals surface area (Å²) in [6.07, 6.45) is 2.92. The second-order valence-corrected chi connectivity index (χ2v) is 4.39. The number of rotatable bonds is 2. The van der Waals surface area contributed by atoms with E-state index in [0.717, 1.165) is 6.07 Å². The molecule has 0 bridgehead atoms. The molecule has 0 saturated carbocycles. The third kappa shape index (κ3) is 5.77. The van der Waals surface area contributed by atoms with Crippen molar-refractivity contribution in [2.45, 2.75) is 0 Å². The maximum atomic E-state index is 12.9. The summed E-state index contributed by atoms with van der Waals surface area (Å²) < 4.78 is 38.3. The Labute approximate surface area is 154 Å². The first-order valence-corrected chi connectivity index (χ1v) is 6.61. The van der Waals surface area contributed by atoms with Gasteiger partial charge in [-0.05, 0) is 23.9 Å². The normalized spacial score (nSPS) is 9.40. The number of benzene rings is 1. The monoisotopic (exact) mass is 524 g/mol. The number of nitrogens with zero attached hydrogens (tertiary/aromatic N) is 2. The van der Waals surface area contributed by atoms with Crippen LogP contribution in [0, 0.1) is 23.5 Å². The molecule has 0 aliphatic carbocycles. The molecule has 0 spiro atoms. The standard InChI is InChI=1S/C11H5F3N.C6H5NO2.Ir/c12-8-5-7(6-9(13)11(8)14)10-3-1-2-4-15-10;8-6(9)5-3-1-2-4-7-5;/h1-5H;1-4H,(H,8,9);/q-1;;. The molecule has 0 saturated heterocycles. The number of aromatic nitrogens is 2. The summed E-state index contributed by atoms with van der Waals surface area (Å²) in [5.74, 6) is -5.09. The molecule has 1 aromatic carbocycles. The minimum atomic E-state index is -1.52. The largest absolute Gasteiger partial charge is 0.477 e. The average Bonchev–Trinajstić information content (AvgIpc) is 2.61. The van der Waals surface area contributed by atoms with Crippen LogP contribution >= 0.6 is 0 Å². The fourth-order valence-corrected chi connectivity index (χ4v) is 1.65. The Morgan fingerprint density at radius 1 is 1.00 bits per heavy atom. The van der Waals surface area contributed by atoms with E-state index in [0.29, 0.717) is 5.69 Å². The first kappa shape index (κ1) is 20.5. The Hall–Kier alpha value is -2.57. The van der Waals surface area contributed by atoms with E-state index in [1.165, 1.54) is 18.5 Å². The van der Waals surface area contributed by atoms with E-state index in [9.17, 15) is 18.0 Å². The molecule has 2 aromatic heterocycles. The molecule has 3 aromatic rings. The number of hydrogen-bond acceptors (Lipinski definition) is 3. The van der Waals surface area contributed by atoms with Crippen molar-refractivity contribution in [2.24, 2.45) is 0 Å². The van der Waals surface area contributed by atoms with Gasteiger partial charge in [0.1, 0.15) is 11.5 Å². The van der Waals surface area contributed by atoms with Crippen molar-refractivity contribution < 1.29 is 43.2 Å². The zero-order chi connectivity index (χ0) is 17.5. The quantitative estimate of drug-likeness (QED) is 0.411. The number of halogens is 3. The van der Waals surface area contributed by atoms with Crippen LogP contribution in [0.2, 0.25) is 0 Å². The minimum Gasteiger partial charge on any atom is -0.477 e. The Morgan fingerprint density at radius 2 is 1.64 bits per heavy atom. The third-order valence-corrected chi connectivity index (χ3v) is 2.74. The Bertz CT molecular complexity index is 811. The van der Waals surface area contributed by atoms with Gasteiger partial charge < -0.3 is 10.1 Å². The summed E-state index contributed by atoms with van der Waals surface area (Å²) in [4.78, 5) is 17.6. The van der Waals surface area contributed by atoms with E-state index in [2.05, 4.69) is 16.0 Å². The molecule has 0 aliphatic heterocycles. The van der Waals surface area contributed by atoms with Gasteiger partial charge in [0, 0.05) is 32.5 Å². The smallest absolute Gasteiger partial charge is 0.354 e. The Morgan fingerprint density at radius 3 is 2.08 bits per heavy atom. The molecule has 0 atom stereocenters. The summed E-state index contributed by atoms with van der Waals surface area (Å²) in [6, 6.07) is 12.6. The molecule has 3 rings (SSSR count). The van der Waals surface area contributed by atoms with Crippen LogP contribution in [0.1, 0.15) is 10.5 Å². The van der Waals surface area contributed by atoms with Crippen LogP contribution in [0.25, 0.3) is 11.3 Å². The summed E-state index contributed by atoms with van der Waals surface area (Å²) >= 11 is 0. The van der Waals surface area contributed by atoms with E-state index < -0.39 is 23.4 Å². The topological polar surface area (TPSA) is 63.1 Å². The number of carbonyl (C=O) groups is 1. The van der Waals surface area contributed by atoms with Crippen LogP contribution in [0.4, 0.5) is 13.2 Å². The van der Waals surface area contributed by atoms with Crippen molar-refractivity contribution >= 4 is 5.97 Å². The fraction of sp³-hybridized carbons (Fsp3) is 0. The van der Waals surface area contributed by atoms with Crippen molar-refractivity contribution in [3.63, 3.8) is 0 Å². The SMILES string of the molecule is Fc1[c-]c(-c2ccccn2)cc(F)c1F.O=C(O)c1ccccn1.[Ir]. The molecule has 131 valence electrons. The van der Waals surface area contributed by atoms with Gasteiger partial charge in [-0.15, -0.1) is 17.7 Å². The van der Waals surface area contributed by atoms with E-state index in [4.69, 9.17) is 5.11 Å². The summed E-state index contributed by atoms with van der Waals surface area (Å²) in [5, 5.41) is 8.32. The molecule has 8 heteroatoms. The van der Waals surface area contributed by atoms with Crippen molar-refractivity contribution in [3.05, 3.63) is 84.1 Å². The van der Waals surface area contributed by atoms with E-state index in [-0.39, 0.29) is 31.4 Å². The van der Waals surface area contributed by atoms with E-state index in [1.54, 1.807) is 30.3 Å². The Balaban J connectivity index is 0.000000270. The van der Waals surface area contributed by atoms with E-state index in [1.807, 2.05) is 0 Å². The van der Waals surface area contributed by atoms with Gasteiger partial charge in [-0.25, -0.2) is 18.6 Å². The molecule has 25 heavy (non-hydrogen) atoms. The zero-order valence-electron chi connectivity index (χ0n) is 12.4. The maximum absolute atomic E-state index is 12.9. The van der Waals surface area contributed by atoms with Crippen molar-refractivity contribution in [1.29, 1.82) is 0 Å². The first-order chi connectivity index (χ1) is 11.5. The molecular formula is C17H10F3IrN2O2-. The van der Waals surface area contributed by atoms with Crippen LogP contribution in [0.3, 0.4) is 0 Å². The predicted molar refractivity (Wildman–Crippen MR) is 79.6 cm³/mol. The third-order valence-electron chi connectivity index (χ3n) is 2.74. The minimum absolute atomic E-state index is 0. The fourth-order valence-electron chi connectivity index (χ4n) is 1.65. The van der Waals surface area contributed by atoms with E-state index >= 15 is 0 Å². The van der Waals surface area contributed by atoms with Gasteiger partial charge in [0.15, 0.2) is 0 Å². The summed E-state index contributed by atoms with van der Waals surface area (Å²) in [7, 11) is 0. The summed E-state index contributed by atoms with van der Waals surface area (Å²) in [5.41, 5.74) is 0.514. The molecule has 0 aliphatic rings. The second-order valence-electron chi connectivity index (χ2n) is 4.39. The van der Waals surface area contributed by atoms with Crippen LogP contribution in [-0.4, -0.2) is 21.0 Å². The van der Waals surface area contributed by atoms with Crippen LogP contribution in [0.5, 0.6) is 0 Å². The van der Waals surface area contributed by atoms with Gasteiger partial charge in [0.2, 0.25) is 0 Å². The van der Waals surface area contributed by atoms with Crippen LogP contribution in [0.15, 0.2) is 54.9 Å². The number of hydrogen-bond donors (Lipinski definition) is 1. The zero-order valence-corrected chi connectivity index (χ0v) is 14.8. The molecule has 2 heterocycles. The first-order valence-electron chi connectivity index (χ1n) is 6.61. The Kier molecular flexibility index (Phi) is 7.91. The molecular weight excluding hydrogens is 513 g/mol. The molecule has 0 fully saturated rings. The van der Waals surface area contributed by atoms with Crippen molar-refractivity contribution in [2.75, 3.05) is 0 Å². The van der Waals surface area contributed by atoms with Gasteiger partial charge in [-0.1, -0.05) is 18.2 Å². The molecule has 1 N–H and O–H groups in total. The summed E-state index contributed by atoms with van der Waals surface area (Å²) in [6.45, 7) is 0. The van der Waals surface area contributed by atoms with Gasteiger partial charge in [0.05, 0.1) is 11.6 Å². The molecule has 0 amide bonds. The van der Waals surface area contributed by atoms with Crippen LogP contribution in [-0.2, 0) is 20.1 Å². The van der Waals surface area contributed by atoms with Crippen LogP contribution < -0.4 is 0 Å². The van der Waals surface area contributed by atoms with Crippen molar-refractivity contribution in [1.82, 2.24) is 9.97 Å². The van der Waals surface area contributed by atoms with Gasteiger partial charge in [-0.3, -0.25) is 4.39 Å². The molecule has 0 unspecified atom stereocenters. The van der Waals surface area contributed by atoms with Gasteiger partial charge in [0.25, 0.3) is 0 Å².